The van der Waals surface area contributed by atoms with Crippen LogP contribution in [0.1, 0.15) is 37.2 Å². The summed E-state index contributed by atoms with van der Waals surface area (Å²) in [5.74, 6) is 1.42. The fraction of sp³-hybridized carbons (Fsp3) is 0.421. The van der Waals surface area contributed by atoms with Gasteiger partial charge in [0.2, 0.25) is 0 Å². The van der Waals surface area contributed by atoms with E-state index in [2.05, 4.69) is 15.5 Å². The molecule has 0 aliphatic carbocycles. The van der Waals surface area contributed by atoms with Crippen molar-refractivity contribution in [3.8, 4) is 11.5 Å². The lowest BCUT2D eigenvalue weighted by atomic mass is 10.2. The van der Waals surface area contributed by atoms with Gasteiger partial charge in [-0.05, 0) is 25.0 Å². The maximum Gasteiger partial charge on any atom is 0.274 e. The minimum Gasteiger partial charge on any atom is -0.495 e. The van der Waals surface area contributed by atoms with Crippen molar-refractivity contribution in [2.75, 3.05) is 32.6 Å². The smallest absolute Gasteiger partial charge is 0.274 e. The molecule has 8 heteroatoms. The lowest BCUT2D eigenvalue weighted by Crippen LogP contribution is -2.33. The van der Waals surface area contributed by atoms with Crippen LogP contribution in [-0.4, -0.2) is 48.3 Å². The summed E-state index contributed by atoms with van der Waals surface area (Å²) < 4.78 is 10.6. The van der Waals surface area contributed by atoms with Crippen LogP contribution < -0.4 is 14.8 Å². The zero-order valence-corrected chi connectivity index (χ0v) is 16.8. The third kappa shape index (κ3) is 5.23. The Labute approximate surface area is 164 Å². The van der Waals surface area contributed by atoms with Gasteiger partial charge >= 0.3 is 0 Å². The molecule has 146 valence electrons. The van der Waals surface area contributed by atoms with E-state index in [4.69, 9.17) is 21.1 Å². The van der Waals surface area contributed by atoms with Gasteiger partial charge in [0.15, 0.2) is 11.5 Å². The summed E-state index contributed by atoms with van der Waals surface area (Å²) >= 11 is 6.12. The van der Waals surface area contributed by atoms with Gasteiger partial charge in [0.25, 0.3) is 5.91 Å². The van der Waals surface area contributed by atoms with E-state index in [0.29, 0.717) is 46.8 Å². The van der Waals surface area contributed by atoms with Gasteiger partial charge in [-0.25, -0.2) is 0 Å². The van der Waals surface area contributed by atoms with E-state index < -0.39 is 0 Å². The SMILES string of the molecule is CCCN(CCC)C(=O)c1ccc(Nc2cc(OC)c(Cl)cc2OC)nn1. The lowest BCUT2D eigenvalue weighted by molar-refractivity contribution is 0.0748. The molecule has 2 aromatic rings. The number of carbonyl (C=O) groups is 1. The largest absolute Gasteiger partial charge is 0.495 e. The Morgan fingerprint density at radius 1 is 1.07 bits per heavy atom. The van der Waals surface area contributed by atoms with E-state index in [9.17, 15) is 4.79 Å². The van der Waals surface area contributed by atoms with Gasteiger partial charge in [0.05, 0.1) is 24.9 Å². The molecule has 1 aromatic heterocycles. The van der Waals surface area contributed by atoms with Crippen molar-refractivity contribution >= 4 is 29.0 Å². The van der Waals surface area contributed by atoms with Crippen molar-refractivity contribution in [2.24, 2.45) is 0 Å². The van der Waals surface area contributed by atoms with Crippen LogP contribution in [0.3, 0.4) is 0 Å². The van der Waals surface area contributed by atoms with Gasteiger partial charge in [-0.2, -0.15) is 0 Å². The van der Waals surface area contributed by atoms with Crippen LogP contribution in [-0.2, 0) is 0 Å². The standard InChI is InChI=1S/C19H25ClN4O3/c1-5-9-24(10-6-2)19(25)14-7-8-18(23-22-14)21-15-12-16(26-3)13(20)11-17(15)27-4/h7-8,11-12H,5-6,9-10H2,1-4H3,(H,21,23). The average molecular weight is 393 g/mol. The molecule has 0 bridgehead atoms. The van der Waals surface area contributed by atoms with Crippen molar-refractivity contribution in [3.05, 3.63) is 35.0 Å². The number of aromatic nitrogens is 2. The van der Waals surface area contributed by atoms with Crippen LogP contribution in [0.15, 0.2) is 24.3 Å². The van der Waals surface area contributed by atoms with E-state index in [1.807, 2.05) is 13.8 Å². The number of nitrogens with zero attached hydrogens (tertiary/aromatic N) is 3. The number of anilines is 2. The van der Waals surface area contributed by atoms with Crippen LogP contribution in [0.4, 0.5) is 11.5 Å². The van der Waals surface area contributed by atoms with E-state index in [1.165, 1.54) is 7.11 Å². The minimum atomic E-state index is -0.108. The van der Waals surface area contributed by atoms with Crippen molar-refractivity contribution in [2.45, 2.75) is 26.7 Å². The number of benzene rings is 1. The summed E-state index contributed by atoms with van der Waals surface area (Å²) in [6.45, 7) is 5.50. The van der Waals surface area contributed by atoms with Crippen LogP contribution >= 0.6 is 11.6 Å². The monoisotopic (exact) mass is 392 g/mol. The molecule has 0 unspecified atom stereocenters. The fourth-order valence-electron chi connectivity index (χ4n) is 2.63. The number of methoxy groups -OCH3 is 2. The third-order valence-corrected chi connectivity index (χ3v) is 4.19. The normalized spacial score (nSPS) is 10.4. The van der Waals surface area contributed by atoms with E-state index in [-0.39, 0.29) is 5.91 Å². The van der Waals surface area contributed by atoms with Crippen molar-refractivity contribution in [1.29, 1.82) is 0 Å². The molecule has 0 aliphatic rings. The first kappa shape index (κ1) is 20.8. The highest BCUT2D eigenvalue weighted by Crippen LogP contribution is 2.36. The Hall–Kier alpha value is -2.54. The lowest BCUT2D eigenvalue weighted by Gasteiger charge is -2.20. The minimum absolute atomic E-state index is 0.108. The Morgan fingerprint density at radius 3 is 2.26 bits per heavy atom. The average Bonchev–Trinajstić information content (AvgIpc) is 2.68. The molecule has 0 fully saturated rings. The molecule has 0 saturated carbocycles. The molecule has 0 saturated heterocycles. The highest BCUT2D eigenvalue weighted by Gasteiger charge is 2.17. The topological polar surface area (TPSA) is 76.6 Å². The molecule has 1 aromatic carbocycles. The quantitative estimate of drug-likeness (QED) is 0.690. The number of amides is 1. The van der Waals surface area contributed by atoms with Gasteiger partial charge < -0.3 is 19.7 Å². The molecule has 0 aliphatic heterocycles. The molecular formula is C19H25ClN4O3. The maximum absolute atomic E-state index is 12.6. The first-order chi connectivity index (χ1) is 13.0. The number of halogens is 1. The summed E-state index contributed by atoms with van der Waals surface area (Å²) in [7, 11) is 3.09. The first-order valence-corrected chi connectivity index (χ1v) is 9.23. The first-order valence-electron chi connectivity index (χ1n) is 8.85. The Balaban J connectivity index is 2.19. The van der Waals surface area contributed by atoms with Gasteiger partial charge in [-0.3, -0.25) is 4.79 Å². The summed E-state index contributed by atoms with van der Waals surface area (Å²) in [4.78, 5) is 14.4. The molecule has 0 radical (unpaired) electrons. The molecule has 0 atom stereocenters. The van der Waals surface area contributed by atoms with Gasteiger partial charge in [-0.1, -0.05) is 25.4 Å². The molecule has 7 nitrogen and oxygen atoms in total. The second-order valence-corrected chi connectivity index (χ2v) is 6.32. The van der Waals surface area contributed by atoms with Crippen molar-refractivity contribution in [1.82, 2.24) is 15.1 Å². The molecular weight excluding hydrogens is 368 g/mol. The molecule has 2 rings (SSSR count). The molecule has 27 heavy (non-hydrogen) atoms. The summed E-state index contributed by atoms with van der Waals surface area (Å²) in [6.07, 6.45) is 1.80. The molecule has 1 amide bonds. The van der Waals surface area contributed by atoms with Gasteiger partial charge in [0.1, 0.15) is 11.5 Å². The zero-order chi connectivity index (χ0) is 19.8. The zero-order valence-electron chi connectivity index (χ0n) is 16.1. The predicted molar refractivity (Wildman–Crippen MR) is 106 cm³/mol. The van der Waals surface area contributed by atoms with Crippen LogP contribution in [0.2, 0.25) is 5.02 Å². The second-order valence-electron chi connectivity index (χ2n) is 5.91. The van der Waals surface area contributed by atoms with E-state index >= 15 is 0 Å². The number of hydrogen-bond donors (Lipinski definition) is 1. The van der Waals surface area contributed by atoms with Gasteiger partial charge in [-0.15, -0.1) is 10.2 Å². The summed E-state index contributed by atoms with van der Waals surface area (Å²) in [5, 5.41) is 11.7. The Morgan fingerprint density at radius 2 is 1.74 bits per heavy atom. The number of nitrogens with one attached hydrogen (secondary N) is 1. The Kier molecular flexibility index (Phi) is 7.67. The number of hydrogen-bond acceptors (Lipinski definition) is 6. The van der Waals surface area contributed by atoms with Crippen LogP contribution in [0.5, 0.6) is 11.5 Å². The molecule has 1 heterocycles. The highest BCUT2D eigenvalue weighted by atomic mass is 35.5. The van der Waals surface area contributed by atoms with E-state index in [0.717, 1.165) is 12.8 Å². The molecule has 1 N–H and O–H groups in total. The van der Waals surface area contributed by atoms with Gasteiger partial charge in [0, 0.05) is 25.2 Å². The number of ether oxygens (including phenoxy) is 2. The van der Waals surface area contributed by atoms with Crippen LogP contribution in [0, 0.1) is 0 Å². The van der Waals surface area contributed by atoms with Crippen molar-refractivity contribution in [3.63, 3.8) is 0 Å². The predicted octanol–water partition coefficient (Wildman–Crippen LogP) is 4.15. The van der Waals surface area contributed by atoms with Crippen LogP contribution in [0.25, 0.3) is 0 Å². The Bertz CT molecular complexity index is 762. The third-order valence-electron chi connectivity index (χ3n) is 3.89. The van der Waals surface area contributed by atoms with Crippen molar-refractivity contribution < 1.29 is 14.3 Å². The highest BCUT2D eigenvalue weighted by molar-refractivity contribution is 6.32. The maximum atomic E-state index is 12.6. The summed E-state index contributed by atoms with van der Waals surface area (Å²) in [6, 6.07) is 6.74. The number of carbonyl (C=O) groups excluding carboxylic acids is 1. The van der Waals surface area contributed by atoms with E-state index in [1.54, 1.807) is 36.3 Å². The fourth-order valence-corrected chi connectivity index (χ4v) is 2.86. The summed E-state index contributed by atoms with van der Waals surface area (Å²) in [5.41, 5.74) is 0.953. The number of rotatable bonds is 9. The molecule has 0 spiro atoms. The second kappa shape index (κ2) is 9.97.